The molecule has 0 radical (unpaired) electrons. The molecule has 0 aliphatic carbocycles. The third-order valence-electron chi connectivity index (χ3n) is 3.74. The minimum atomic E-state index is 0.826. The number of likely N-dealkylation sites (tertiary alicyclic amines) is 1. The van der Waals surface area contributed by atoms with Gasteiger partial charge in [-0.1, -0.05) is 13.3 Å². The number of unbranched alkanes of at least 4 members (excludes halogenated alkanes) is 1. The van der Waals surface area contributed by atoms with Crippen molar-refractivity contribution in [1.29, 1.82) is 0 Å². The van der Waals surface area contributed by atoms with Crippen molar-refractivity contribution < 1.29 is 0 Å². The van der Waals surface area contributed by atoms with Crippen LogP contribution in [0.25, 0.3) is 0 Å². The Morgan fingerprint density at radius 3 is 2.71 bits per heavy atom. The minimum Gasteiger partial charge on any atom is -0.303 e. The number of aromatic nitrogens is 2. The van der Waals surface area contributed by atoms with Crippen LogP contribution in [0.2, 0.25) is 0 Å². The molecule has 0 bridgehead atoms. The molecule has 0 amide bonds. The summed E-state index contributed by atoms with van der Waals surface area (Å²) in [5.41, 5.74) is 1.27. The summed E-state index contributed by atoms with van der Waals surface area (Å²) in [7, 11) is 0. The summed E-state index contributed by atoms with van der Waals surface area (Å²) in [6.07, 6.45) is 9.45. The molecular formula is C14H25N3. The molecule has 1 aliphatic heterocycles. The fraction of sp³-hybridized carbons (Fsp3) is 0.786. The Bertz CT molecular complexity index is 324. The summed E-state index contributed by atoms with van der Waals surface area (Å²) >= 11 is 0. The lowest BCUT2D eigenvalue weighted by Gasteiger charge is -2.31. The van der Waals surface area contributed by atoms with Crippen molar-refractivity contribution in [2.75, 3.05) is 19.6 Å². The van der Waals surface area contributed by atoms with Gasteiger partial charge in [0.2, 0.25) is 0 Å². The van der Waals surface area contributed by atoms with Crippen LogP contribution >= 0.6 is 0 Å². The Labute approximate surface area is 105 Å². The largest absolute Gasteiger partial charge is 0.303 e. The van der Waals surface area contributed by atoms with Crippen LogP contribution < -0.4 is 0 Å². The average Bonchev–Trinajstić information content (AvgIpc) is 2.74. The molecule has 1 saturated heterocycles. The van der Waals surface area contributed by atoms with E-state index in [2.05, 4.69) is 34.7 Å². The molecule has 0 aromatic carbocycles. The highest BCUT2D eigenvalue weighted by atomic mass is 15.3. The summed E-state index contributed by atoms with van der Waals surface area (Å²) in [5.74, 6) is 0.826. The van der Waals surface area contributed by atoms with E-state index in [-0.39, 0.29) is 0 Å². The van der Waals surface area contributed by atoms with Crippen LogP contribution in [0.1, 0.15) is 38.2 Å². The fourth-order valence-corrected chi connectivity index (χ4v) is 2.61. The van der Waals surface area contributed by atoms with Gasteiger partial charge >= 0.3 is 0 Å². The minimum absolute atomic E-state index is 0.826. The monoisotopic (exact) mass is 235 g/mol. The van der Waals surface area contributed by atoms with E-state index in [1.807, 2.05) is 6.20 Å². The molecule has 1 aromatic rings. The maximum atomic E-state index is 4.38. The molecule has 0 unspecified atom stereocenters. The summed E-state index contributed by atoms with van der Waals surface area (Å²) in [6, 6.07) is 0. The van der Waals surface area contributed by atoms with E-state index in [4.69, 9.17) is 0 Å². The van der Waals surface area contributed by atoms with Crippen molar-refractivity contribution in [3.63, 3.8) is 0 Å². The van der Waals surface area contributed by atoms with Gasteiger partial charge in [-0.15, -0.1) is 0 Å². The van der Waals surface area contributed by atoms with E-state index in [0.717, 1.165) is 12.5 Å². The molecule has 1 aliphatic rings. The zero-order valence-electron chi connectivity index (χ0n) is 11.2. The fourth-order valence-electron chi connectivity index (χ4n) is 2.61. The van der Waals surface area contributed by atoms with E-state index < -0.39 is 0 Å². The number of hydrogen-bond acceptors (Lipinski definition) is 2. The van der Waals surface area contributed by atoms with Crippen molar-refractivity contribution in [3.8, 4) is 0 Å². The number of hydrogen-bond donors (Lipinski definition) is 0. The summed E-state index contributed by atoms with van der Waals surface area (Å²) < 4.78 is 2.11. The third kappa shape index (κ3) is 3.84. The van der Waals surface area contributed by atoms with Crippen LogP contribution in [0.5, 0.6) is 0 Å². The molecule has 0 spiro atoms. The van der Waals surface area contributed by atoms with Crippen LogP contribution in [0.4, 0.5) is 0 Å². The third-order valence-corrected chi connectivity index (χ3v) is 3.74. The van der Waals surface area contributed by atoms with Crippen LogP contribution in [-0.4, -0.2) is 34.3 Å². The molecule has 1 fully saturated rings. The van der Waals surface area contributed by atoms with E-state index in [1.54, 1.807) is 0 Å². The maximum absolute atomic E-state index is 4.38. The number of piperidine rings is 1. The first kappa shape index (κ1) is 12.6. The number of nitrogens with zero attached hydrogens (tertiary/aromatic N) is 3. The first-order valence-electron chi connectivity index (χ1n) is 6.99. The van der Waals surface area contributed by atoms with E-state index >= 15 is 0 Å². The van der Waals surface area contributed by atoms with Gasteiger partial charge in [-0.2, -0.15) is 5.10 Å². The maximum Gasteiger partial charge on any atom is 0.0518 e. The summed E-state index contributed by atoms with van der Waals surface area (Å²) in [6.45, 7) is 9.35. The number of aryl methyl sites for hydroxylation is 1. The average molecular weight is 235 g/mol. The van der Waals surface area contributed by atoms with Gasteiger partial charge in [0.1, 0.15) is 0 Å². The van der Waals surface area contributed by atoms with E-state index in [9.17, 15) is 0 Å². The summed E-state index contributed by atoms with van der Waals surface area (Å²) in [4.78, 5) is 2.62. The van der Waals surface area contributed by atoms with Gasteiger partial charge in [0, 0.05) is 12.7 Å². The van der Waals surface area contributed by atoms with Crippen LogP contribution in [0.3, 0.4) is 0 Å². The predicted octanol–water partition coefficient (Wildman–Crippen LogP) is 2.70. The Balaban J connectivity index is 1.72. The van der Waals surface area contributed by atoms with Crippen molar-refractivity contribution in [2.24, 2.45) is 5.92 Å². The predicted molar refractivity (Wildman–Crippen MR) is 71.0 cm³/mol. The smallest absolute Gasteiger partial charge is 0.0518 e. The zero-order chi connectivity index (χ0) is 12.1. The lowest BCUT2D eigenvalue weighted by molar-refractivity contribution is 0.169. The van der Waals surface area contributed by atoms with E-state index in [1.165, 1.54) is 50.9 Å². The quantitative estimate of drug-likeness (QED) is 0.782. The first-order valence-corrected chi connectivity index (χ1v) is 6.99. The molecule has 2 heterocycles. The molecule has 3 heteroatoms. The van der Waals surface area contributed by atoms with Crippen LogP contribution in [0, 0.1) is 12.8 Å². The summed E-state index contributed by atoms with van der Waals surface area (Å²) in [5, 5.41) is 4.38. The SMILES string of the molecule is CCCCN1CCC(Cn2cc(C)cn2)CC1. The van der Waals surface area contributed by atoms with Crippen LogP contribution in [-0.2, 0) is 6.54 Å². The lowest BCUT2D eigenvalue weighted by Crippen LogP contribution is -2.35. The molecule has 96 valence electrons. The Morgan fingerprint density at radius 2 is 2.12 bits per heavy atom. The Hall–Kier alpha value is -0.830. The van der Waals surface area contributed by atoms with Crippen molar-refractivity contribution in [2.45, 2.75) is 46.1 Å². The molecule has 2 rings (SSSR count). The molecule has 17 heavy (non-hydrogen) atoms. The van der Waals surface area contributed by atoms with Crippen molar-refractivity contribution in [1.82, 2.24) is 14.7 Å². The highest BCUT2D eigenvalue weighted by molar-refractivity contribution is 4.99. The normalized spacial score (nSPS) is 18.7. The van der Waals surface area contributed by atoms with E-state index in [0.29, 0.717) is 0 Å². The zero-order valence-corrected chi connectivity index (χ0v) is 11.2. The van der Waals surface area contributed by atoms with Gasteiger partial charge < -0.3 is 4.90 Å². The molecule has 0 N–H and O–H groups in total. The topological polar surface area (TPSA) is 21.1 Å². The van der Waals surface area contributed by atoms with Crippen LogP contribution in [0.15, 0.2) is 12.4 Å². The van der Waals surface area contributed by atoms with Gasteiger partial charge in [0.05, 0.1) is 6.20 Å². The molecular weight excluding hydrogens is 210 g/mol. The molecule has 0 saturated carbocycles. The highest BCUT2D eigenvalue weighted by Gasteiger charge is 2.19. The van der Waals surface area contributed by atoms with Gasteiger partial charge in [0.15, 0.2) is 0 Å². The van der Waals surface area contributed by atoms with Crippen molar-refractivity contribution in [3.05, 3.63) is 18.0 Å². The second-order valence-electron chi connectivity index (χ2n) is 5.38. The van der Waals surface area contributed by atoms with Gasteiger partial charge in [0.25, 0.3) is 0 Å². The molecule has 3 nitrogen and oxygen atoms in total. The van der Waals surface area contributed by atoms with Gasteiger partial charge in [-0.05, 0) is 57.3 Å². The lowest BCUT2D eigenvalue weighted by atomic mass is 9.96. The second-order valence-corrected chi connectivity index (χ2v) is 5.38. The van der Waals surface area contributed by atoms with Gasteiger partial charge in [-0.25, -0.2) is 0 Å². The highest BCUT2D eigenvalue weighted by Crippen LogP contribution is 2.19. The Kier molecular flexibility index (Phi) is 4.60. The van der Waals surface area contributed by atoms with Gasteiger partial charge in [-0.3, -0.25) is 4.68 Å². The standard InChI is InChI=1S/C14H25N3/c1-3-4-7-16-8-5-14(6-9-16)12-17-11-13(2)10-15-17/h10-11,14H,3-9,12H2,1-2H3. The van der Waals surface area contributed by atoms with Crippen molar-refractivity contribution >= 4 is 0 Å². The molecule has 1 aromatic heterocycles. The Morgan fingerprint density at radius 1 is 1.35 bits per heavy atom. The number of rotatable bonds is 5. The molecule has 0 atom stereocenters. The first-order chi connectivity index (χ1) is 8.28. The second kappa shape index (κ2) is 6.20.